The second kappa shape index (κ2) is 16.3. The van der Waals surface area contributed by atoms with Gasteiger partial charge in [0, 0.05) is 88.2 Å². The van der Waals surface area contributed by atoms with E-state index in [1.54, 1.807) is 36.9 Å². The van der Waals surface area contributed by atoms with E-state index >= 15 is 0 Å². The number of amides is 5. The van der Waals surface area contributed by atoms with Gasteiger partial charge in [0.2, 0.25) is 17.8 Å². The highest BCUT2D eigenvalue weighted by Gasteiger charge is 2.49. The molecule has 1 spiro atoms. The Morgan fingerprint density at radius 1 is 0.968 bits per heavy atom. The molecule has 0 aliphatic carbocycles. The Balaban J connectivity index is 0.744. The van der Waals surface area contributed by atoms with Gasteiger partial charge >= 0.3 is 5.92 Å². The third-order valence-corrected chi connectivity index (χ3v) is 13.7. The largest absolute Gasteiger partial charge is 0.495 e. The summed E-state index contributed by atoms with van der Waals surface area (Å²) in [5.74, 6) is -5.38. The molecule has 1 aromatic heterocycles. The minimum atomic E-state index is -3.60. The fourth-order valence-electron chi connectivity index (χ4n) is 10.0. The molecule has 7 heterocycles. The molecule has 5 amide bonds. The Kier molecular flexibility index (Phi) is 11.0. The van der Waals surface area contributed by atoms with Crippen LogP contribution in [0.1, 0.15) is 78.7 Å². The number of alkyl halides is 2. The number of hydrogen-bond donors (Lipinski definition) is 3. The normalized spacial score (nSPS) is 22.7. The summed E-state index contributed by atoms with van der Waals surface area (Å²) in [6.07, 6.45) is 5.98. The number of halogens is 2. The number of methoxy groups -OCH3 is 1. The van der Waals surface area contributed by atoms with Crippen LogP contribution in [-0.2, 0) is 20.9 Å². The number of nitrogens with zero attached hydrogens (tertiary/aromatic N) is 8. The minimum absolute atomic E-state index is 0.111. The highest BCUT2D eigenvalue weighted by Crippen LogP contribution is 2.44. The van der Waals surface area contributed by atoms with E-state index in [0.717, 1.165) is 81.1 Å². The van der Waals surface area contributed by atoms with Crippen molar-refractivity contribution < 1.29 is 37.5 Å². The number of piperidine rings is 3. The van der Waals surface area contributed by atoms with Gasteiger partial charge in [-0.25, -0.2) is 9.99 Å². The first-order valence-corrected chi connectivity index (χ1v) is 21.7. The lowest BCUT2D eigenvalue weighted by Crippen LogP contribution is -2.64. The Hall–Kier alpha value is -5.95. The molecule has 6 aliphatic rings. The van der Waals surface area contributed by atoms with Crippen LogP contribution in [-0.4, -0.2) is 138 Å². The molecular weight excluding hydrogens is 817 g/mol. The van der Waals surface area contributed by atoms with E-state index in [0.29, 0.717) is 47.0 Å². The van der Waals surface area contributed by atoms with Gasteiger partial charge in [-0.1, -0.05) is 0 Å². The number of likely N-dealkylation sites (tertiary alicyclic amines) is 1. The summed E-state index contributed by atoms with van der Waals surface area (Å²) < 4.78 is 35.2. The molecule has 9 rings (SSSR count). The molecule has 1 unspecified atom stereocenters. The Labute approximate surface area is 364 Å². The average molecular weight is 870 g/mol. The number of rotatable bonds is 9. The van der Waals surface area contributed by atoms with Crippen molar-refractivity contribution in [3.63, 3.8) is 0 Å². The lowest BCUT2D eigenvalue weighted by molar-refractivity contribution is -0.140. The van der Waals surface area contributed by atoms with Crippen molar-refractivity contribution in [2.45, 2.75) is 83.0 Å². The van der Waals surface area contributed by atoms with E-state index in [1.807, 2.05) is 17.1 Å². The Morgan fingerprint density at radius 2 is 1.71 bits per heavy atom. The molecule has 0 saturated carbocycles. The zero-order chi connectivity index (χ0) is 44.4. The van der Waals surface area contributed by atoms with Crippen LogP contribution in [0.3, 0.4) is 0 Å². The van der Waals surface area contributed by atoms with Gasteiger partial charge in [-0.3, -0.25) is 39.6 Å². The zero-order valence-electron chi connectivity index (χ0n) is 36.0. The predicted octanol–water partition coefficient (Wildman–Crippen LogP) is 3.53. The van der Waals surface area contributed by atoms with Crippen molar-refractivity contribution in [3.05, 3.63) is 59.3 Å². The van der Waals surface area contributed by atoms with Crippen molar-refractivity contribution in [3.8, 4) is 5.75 Å². The molecule has 0 bridgehead atoms. The maximum Gasteiger partial charge on any atom is 0.342 e. The number of aromatic nitrogens is 2. The third-order valence-electron chi connectivity index (χ3n) is 13.7. The fourth-order valence-corrected chi connectivity index (χ4v) is 10.0. The van der Waals surface area contributed by atoms with Crippen LogP contribution >= 0.6 is 0 Å². The second-order valence-corrected chi connectivity index (χ2v) is 18.0. The molecule has 1 atom stereocenters. The van der Waals surface area contributed by atoms with Gasteiger partial charge in [-0.05, 0) is 93.3 Å². The van der Waals surface area contributed by atoms with Gasteiger partial charge in [-0.2, -0.15) is 13.8 Å². The molecule has 0 radical (unpaired) electrons. The first kappa shape index (κ1) is 42.4. The van der Waals surface area contributed by atoms with Gasteiger partial charge in [0.15, 0.2) is 5.82 Å². The summed E-state index contributed by atoms with van der Waals surface area (Å²) in [6, 6.07) is 10.4. The summed E-state index contributed by atoms with van der Waals surface area (Å²) in [5.41, 5.74) is 7.04. The summed E-state index contributed by atoms with van der Waals surface area (Å²) in [7, 11) is 2.77. The van der Waals surface area contributed by atoms with Gasteiger partial charge in [0.25, 0.3) is 17.7 Å². The topological polar surface area (TPSA) is 176 Å². The van der Waals surface area contributed by atoms with Crippen LogP contribution in [0, 0.1) is 5.41 Å². The van der Waals surface area contributed by atoms with Crippen molar-refractivity contribution in [2.75, 3.05) is 80.0 Å². The lowest BCUT2D eigenvalue weighted by Gasteiger charge is -2.57. The zero-order valence-corrected chi connectivity index (χ0v) is 36.0. The molecule has 4 saturated heterocycles. The number of hydrogen-bond acceptors (Lipinski definition) is 13. The first-order valence-electron chi connectivity index (χ1n) is 21.7. The van der Waals surface area contributed by atoms with E-state index in [9.17, 15) is 32.8 Å². The number of benzene rings is 2. The standard InChI is InChI=1S/C44H53F2N11O6/c1-26(2)57-25-44(45,46)41(62)52(3)34-21-47-42(50-37(34)57)48-32-8-5-27(20-35(32)63-4)38(59)51-55-15-11-29(12-16-55)54-23-43(24-54)13-17-53(18-14-43)30-6-7-31-28(19-30)22-56(40(31)61)33-9-10-36(58)49-39(33)60/h5-8,19-21,26,29,33H,9-18,22-25H2,1-4H3,(H,51,59)(H,47,48,50)(H,49,58,60). The monoisotopic (exact) mass is 869 g/mol. The fraction of sp³-hybridized carbons (Fsp3) is 0.523. The number of nitrogens with one attached hydrogen (secondary N) is 3. The average Bonchev–Trinajstić information content (AvgIpc) is 3.55. The van der Waals surface area contributed by atoms with E-state index in [2.05, 4.69) is 41.9 Å². The number of anilines is 5. The quantitative estimate of drug-likeness (QED) is 0.267. The molecule has 3 aromatic rings. The van der Waals surface area contributed by atoms with Crippen LogP contribution in [0.15, 0.2) is 42.6 Å². The van der Waals surface area contributed by atoms with Gasteiger partial charge in [0.05, 0.1) is 25.5 Å². The summed E-state index contributed by atoms with van der Waals surface area (Å²) >= 11 is 0. The second-order valence-electron chi connectivity index (χ2n) is 18.0. The molecule has 3 N–H and O–H groups in total. The summed E-state index contributed by atoms with van der Waals surface area (Å²) in [6.45, 7) is 8.51. The SMILES string of the molecule is COc1cc(C(=O)NN2CCC(N3CC4(CCN(c5ccc6c(c5)CN(C5CCC(=O)NC5=O)C6=O)CC4)C3)CC2)ccc1Nc1ncc2c(n1)N(C(C)C)CC(F)(F)C(=O)N2C. The number of hydrazine groups is 1. The highest BCUT2D eigenvalue weighted by molar-refractivity contribution is 6.06. The predicted molar refractivity (Wildman–Crippen MR) is 229 cm³/mol. The molecular formula is C44H53F2N11O6. The molecule has 334 valence electrons. The van der Waals surface area contributed by atoms with Crippen LogP contribution < -0.4 is 35.5 Å². The van der Waals surface area contributed by atoms with E-state index in [4.69, 9.17) is 4.74 Å². The maximum absolute atomic E-state index is 14.8. The van der Waals surface area contributed by atoms with Gasteiger partial charge < -0.3 is 29.7 Å². The van der Waals surface area contributed by atoms with Crippen LogP contribution in [0.4, 0.5) is 37.6 Å². The first-order chi connectivity index (χ1) is 30.1. The Morgan fingerprint density at radius 3 is 2.41 bits per heavy atom. The smallest absolute Gasteiger partial charge is 0.342 e. The van der Waals surface area contributed by atoms with Crippen molar-refractivity contribution in [1.82, 2.24) is 35.5 Å². The van der Waals surface area contributed by atoms with Crippen LogP contribution in [0.2, 0.25) is 0 Å². The van der Waals surface area contributed by atoms with Crippen molar-refractivity contribution in [2.24, 2.45) is 5.41 Å². The number of carbonyl (C=O) groups is 5. The number of carbonyl (C=O) groups excluding carboxylic acids is 5. The molecule has 6 aliphatic heterocycles. The minimum Gasteiger partial charge on any atom is -0.495 e. The molecule has 19 heteroatoms. The van der Waals surface area contributed by atoms with Gasteiger partial charge in [0.1, 0.15) is 17.5 Å². The summed E-state index contributed by atoms with van der Waals surface area (Å²) in [4.78, 5) is 80.9. The van der Waals surface area contributed by atoms with Crippen molar-refractivity contribution >= 4 is 58.4 Å². The van der Waals surface area contributed by atoms with E-state index in [-0.39, 0.29) is 47.6 Å². The van der Waals surface area contributed by atoms with E-state index in [1.165, 1.54) is 25.3 Å². The molecule has 63 heavy (non-hydrogen) atoms. The maximum atomic E-state index is 14.8. The molecule has 4 fully saturated rings. The van der Waals surface area contributed by atoms with Gasteiger partial charge in [-0.15, -0.1) is 0 Å². The Bertz CT molecular complexity index is 2340. The number of imide groups is 1. The van der Waals surface area contributed by atoms with Crippen molar-refractivity contribution in [1.29, 1.82) is 0 Å². The molecule has 17 nitrogen and oxygen atoms in total. The van der Waals surface area contributed by atoms with E-state index < -0.39 is 30.3 Å². The third kappa shape index (κ3) is 8.00. The number of fused-ring (bicyclic) bond motifs is 2. The van der Waals surface area contributed by atoms with Crippen LogP contribution in [0.5, 0.6) is 5.75 Å². The highest BCUT2D eigenvalue weighted by atomic mass is 19.3. The number of ether oxygens (including phenoxy) is 1. The summed E-state index contributed by atoms with van der Waals surface area (Å²) in [5, 5.41) is 7.42. The van der Waals surface area contributed by atoms with Crippen LogP contribution in [0.25, 0.3) is 0 Å². The lowest BCUT2D eigenvalue weighted by atomic mass is 9.71. The molecule has 2 aromatic carbocycles.